The van der Waals surface area contributed by atoms with E-state index >= 15 is 0 Å². The smallest absolute Gasteiger partial charge is 0.330 e. The van der Waals surface area contributed by atoms with Gasteiger partial charge in [-0.2, -0.15) is 0 Å². The van der Waals surface area contributed by atoms with Crippen LogP contribution in [-0.4, -0.2) is 61.0 Å². The Morgan fingerprint density at radius 1 is 1.21 bits per heavy atom. The van der Waals surface area contributed by atoms with Crippen LogP contribution in [0.15, 0.2) is 29.8 Å². The third kappa shape index (κ3) is 5.49. The summed E-state index contributed by atoms with van der Waals surface area (Å²) in [5.74, 6) is -0.166. The van der Waals surface area contributed by atoms with E-state index < -0.39 is 0 Å². The molecule has 3 rings (SSSR count). The van der Waals surface area contributed by atoms with Crippen LogP contribution in [0.25, 0.3) is 0 Å². The Kier molecular flexibility index (Phi) is 7.38. The van der Waals surface area contributed by atoms with E-state index in [1.807, 2.05) is 11.0 Å². The van der Waals surface area contributed by atoms with Crippen LogP contribution in [-0.2, 0) is 20.7 Å². The summed E-state index contributed by atoms with van der Waals surface area (Å²) in [6, 6.07) is 5.57. The number of rotatable bonds is 5. The van der Waals surface area contributed by atoms with Crippen molar-refractivity contribution in [1.82, 2.24) is 9.80 Å². The van der Waals surface area contributed by atoms with Gasteiger partial charge in [-0.1, -0.05) is 29.3 Å². The highest BCUT2D eigenvalue weighted by atomic mass is 35.5. The maximum Gasteiger partial charge on any atom is 0.330 e. The molecular weight excluding hydrogens is 399 g/mol. The molecule has 1 amide bonds. The first-order valence-corrected chi connectivity index (χ1v) is 10.4. The van der Waals surface area contributed by atoms with Crippen LogP contribution in [0, 0.1) is 0 Å². The van der Waals surface area contributed by atoms with Gasteiger partial charge in [0.25, 0.3) is 0 Å². The van der Waals surface area contributed by atoms with E-state index in [1.54, 1.807) is 18.2 Å². The molecule has 1 unspecified atom stereocenters. The van der Waals surface area contributed by atoms with E-state index in [0.29, 0.717) is 16.5 Å². The largest absolute Gasteiger partial charge is 0.466 e. The number of halogens is 2. The Morgan fingerprint density at radius 2 is 2.04 bits per heavy atom. The van der Waals surface area contributed by atoms with Gasteiger partial charge in [0, 0.05) is 38.3 Å². The van der Waals surface area contributed by atoms with Gasteiger partial charge in [-0.25, -0.2) is 4.79 Å². The predicted molar refractivity (Wildman–Crippen MR) is 111 cm³/mol. The molecule has 1 aromatic rings. The molecule has 7 heteroatoms. The number of hydrogen-bond donors (Lipinski definition) is 0. The topological polar surface area (TPSA) is 49.9 Å². The standard InChI is InChI=1S/C21H26Cl2N2O3/c1-28-21(27)12-16-7-9-24(13-16)14-17-4-2-3-8-25(17)20(26)11-15-5-6-18(22)19(23)10-15/h5-6,10,12,17H,2-4,7-9,11,13-14H2,1H3/b16-12-. The SMILES string of the molecule is COC(=O)/C=C1/CCN(CC2CCCCN2C(=O)Cc2ccc(Cl)c(Cl)c2)C1. The molecule has 2 heterocycles. The average Bonchev–Trinajstić information content (AvgIpc) is 3.11. The van der Waals surface area contributed by atoms with Crippen LogP contribution in [0.2, 0.25) is 10.0 Å². The highest BCUT2D eigenvalue weighted by Gasteiger charge is 2.30. The number of hydrogen-bond acceptors (Lipinski definition) is 4. The van der Waals surface area contributed by atoms with Crippen LogP contribution in [0.4, 0.5) is 0 Å². The molecule has 1 aromatic carbocycles. The molecule has 0 N–H and O–H groups in total. The van der Waals surface area contributed by atoms with Gasteiger partial charge >= 0.3 is 5.97 Å². The summed E-state index contributed by atoms with van der Waals surface area (Å²) < 4.78 is 4.71. The van der Waals surface area contributed by atoms with E-state index in [2.05, 4.69) is 4.90 Å². The summed E-state index contributed by atoms with van der Waals surface area (Å²) in [7, 11) is 1.39. The molecule has 2 aliphatic rings. The van der Waals surface area contributed by atoms with Crippen molar-refractivity contribution in [2.45, 2.75) is 38.1 Å². The highest BCUT2D eigenvalue weighted by molar-refractivity contribution is 6.42. The van der Waals surface area contributed by atoms with Crippen LogP contribution in [0.3, 0.4) is 0 Å². The second-order valence-corrected chi connectivity index (χ2v) is 8.29. The number of benzene rings is 1. The van der Waals surface area contributed by atoms with E-state index in [9.17, 15) is 9.59 Å². The number of carbonyl (C=O) groups excluding carboxylic acids is 2. The van der Waals surface area contributed by atoms with Crippen molar-refractivity contribution in [2.24, 2.45) is 0 Å². The van der Waals surface area contributed by atoms with Gasteiger partial charge in [-0.05, 0) is 49.0 Å². The lowest BCUT2D eigenvalue weighted by Crippen LogP contribution is -2.49. The predicted octanol–water partition coefficient (Wildman–Crippen LogP) is 3.72. The number of likely N-dealkylation sites (tertiary alicyclic amines) is 2. The zero-order valence-electron chi connectivity index (χ0n) is 16.1. The quantitative estimate of drug-likeness (QED) is 0.533. The molecule has 2 saturated heterocycles. The Hall–Kier alpha value is -1.56. The van der Waals surface area contributed by atoms with E-state index in [1.165, 1.54) is 7.11 Å². The molecule has 0 spiro atoms. The summed E-state index contributed by atoms with van der Waals surface area (Å²) >= 11 is 12.1. The maximum absolute atomic E-state index is 13.0. The van der Waals surface area contributed by atoms with Gasteiger partial charge in [0.2, 0.25) is 5.91 Å². The average molecular weight is 425 g/mol. The Balaban J connectivity index is 1.60. The van der Waals surface area contributed by atoms with Crippen molar-refractivity contribution in [2.75, 3.05) is 33.3 Å². The van der Waals surface area contributed by atoms with E-state index in [4.69, 9.17) is 27.9 Å². The molecule has 0 bridgehead atoms. The van der Waals surface area contributed by atoms with Crippen molar-refractivity contribution in [3.8, 4) is 0 Å². The van der Waals surface area contributed by atoms with Crippen molar-refractivity contribution < 1.29 is 14.3 Å². The maximum atomic E-state index is 13.0. The molecular formula is C21H26Cl2N2O3. The Morgan fingerprint density at radius 3 is 2.79 bits per heavy atom. The molecule has 0 saturated carbocycles. The molecule has 152 valence electrons. The lowest BCUT2D eigenvalue weighted by atomic mass is 10.00. The zero-order valence-corrected chi connectivity index (χ0v) is 17.6. The molecule has 0 aromatic heterocycles. The minimum Gasteiger partial charge on any atom is -0.466 e. The number of carbonyl (C=O) groups is 2. The summed E-state index contributed by atoms with van der Waals surface area (Å²) in [4.78, 5) is 28.7. The Bertz CT molecular complexity index is 766. The van der Waals surface area contributed by atoms with Gasteiger partial charge in [-0.3, -0.25) is 9.69 Å². The van der Waals surface area contributed by atoms with Gasteiger partial charge in [-0.15, -0.1) is 0 Å². The fourth-order valence-corrected chi connectivity index (χ4v) is 4.31. The first kappa shape index (κ1) is 21.2. The molecule has 0 radical (unpaired) electrons. The van der Waals surface area contributed by atoms with Crippen LogP contribution in [0.5, 0.6) is 0 Å². The van der Waals surface area contributed by atoms with Crippen molar-refractivity contribution in [3.63, 3.8) is 0 Å². The van der Waals surface area contributed by atoms with Gasteiger partial charge < -0.3 is 9.64 Å². The number of ether oxygens (including phenoxy) is 1. The fraction of sp³-hybridized carbons (Fsp3) is 0.524. The van der Waals surface area contributed by atoms with Crippen LogP contribution in [0.1, 0.15) is 31.2 Å². The van der Waals surface area contributed by atoms with Crippen molar-refractivity contribution in [3.05, 3.63) is 45.5 Å². The van der Waals surface area contributed by atoms with Gasteiger partial charge in [0.1, 0.15) is 0 Å². The lowest BCUT2D eigenvalue weighted by molar-refractivity contribution is -0.135. The van der Waals surface area contributed by atoms with E-state index in [-0.39, 0.29) is 17.9 Å². The molecule has 1 atom stereocenters. The van der Waals surface area contributed by atoms with Crippen LogP contribution < -0.4 is 0 Å². The van der Waals surface area contributed by atoms with Gasteiger partial charge in [0.05, 0.1) is 23.6 Å². The molecule has 2 aliphatic heterocycles. The summed E-state index contributed by atoms with van der Waals surface area (Å²) in [5, 5.41) is 0.975. The normalized spacial score (nSPS) is 21.9. The summed E-state index contributed by atoms with van der Waals surface area (Å²) in [6.45, 7) is 3.31. The number of amides is 1. The third-order valence-corrected chi connectivity index (χ3v) is 6.19. The minimum atomic E-state index is -0.298. The summed E-state index contributed by atoms with van der Waals surface area (Å²) in [6.07, 6.45) is 5.99. The minimum absolute atomic E-state index is 0.132. The third-order valence-electron chi connectivity index (χ3n) is 5.45. The fourth-order valence-electron chi connectivity index (χ4n) is 3.99. The van der Waals surface area contributed by atoms with E-state index in [0.717, 1.165) is 63.0 Å². The highest BCUT2D eigenvalue weighted by Crippen LogP contribution is 2.25. The first-order valence-electron chi connectivity index (χ1n) is 9.69. The van der Waals surface area contributed by atoms with Crippen molar-refractivity contribution in [1.29, 1.82) is 0 Å². The number of nitrogens with zero attached hydrogens (tertiary/aromatic N) is 2. The van der Waals surface area contributed by atoms with Gasteiger partial charge in [0.15, 0.2) is 0 Å². The second-order valence-electron chi connectivity index (χ2n) is 7.47. The van der Waals surface area contributed by atoms with Crippen molar-refractivity contribution >= 4 is 35.1 Å². The monoisotopic (exact) mass is 424 g/mol. The molecule has 5 nitrogen and oxygen atoms in total. The zero-order chi connectivity index (χ0) is 20.1. The lowest BCUT2D eigenvalue weighted by Gasteiger charge is -2.38. The molecule has 0 aliphatic carbocycles. The number of esters is 1. The second kappa shape index (κ2) is 9.77. The molecule has 2 fully saturated rings. The molecule has 28 heavy (non-hydrogen) atoms. The number of piperidine rings is 1. The summed E-state index contributed by atoms with van der Waals surface area (Å²) in [5.41, 5.74) is 1.98. The first-order chi connectivity index (χ1) is 13.5. The Labute approximate surface area is 176 Å². The van der Waals surface area contributed by atoms with Crippen LogP contribution >= 0.6 is 23.2 Å². The number of methoxy groups -OCH3 is 1.